The number of piperidine rings is 1. The fourth-order valence-corrected chi connectivity index (χ4v) is 2.48. The van der Waals surface area contributed by atoms with Crippen LogP contribution < -0.4 is 5.73 Å². The van der Waals surface area contributed by atoms with Gasteiger partial charge in [0.05, 0.1) is 5.84 Å². The number of nitrogens with one attached hydrogen (secondary N) is 1. The molecule has 2 unspecified atom stereocenters. The summed E-state index contributed by atoms with van der Waals surface area (Å²) < 4.78 is 4.80. The molecular formula is C15H29N3O4. The molecule has 1 heterocycles. The molecule has 1 rings (SSSR count). The topological polar surface area (TPSA) is 117 Å². The summed E-state index contributed by atoms with van der Waals surface area (Å²) in [5.74, 6) is 0.349. The van der Waals surface area contributed by atoms with E-state index in [4.69, 9.17) is 21.0 Å². The highest BCUT2D eigenvalue weighted by Gasteiger charge is 2.28. The lowest BCUT2D eigenvalue weighted by Crippen LogP contribution is -2.44. The fraction of sp³-hybridized carbons (Fsp3) is 0.800. The van der Waals surface area contributed by atoms with Gasteiger partial charge in [-0.15, -0.1) is 0 Å². The van der Waals surface area contributed by atoms with Gasteiger partial charge in [-0.25, -0.2) is 4.79 Å². The van der Waals surface area contributed by atoms with Gasteiger partial charge in [0.15, 0.2) is 0 Å². The highest BCUT2D eigenvalue weighted by molar-refractivity contribution is 5.77. The van der Waals surface area contributed by atoms with E-state index in [9.17, 15) is 9.59 Å². The standard InChI is InChI=1S/C9H17N3O2.C6H12O2/c1-6-4-7(5-8(10)11)2-3-12(6)9(13)14;1-5(7)8-6(2,3)4/h6-7H,2-5H2,1H3,(H3,10,11)(H,13,14);1-4H3. The summed E-state index contributed by atoms with van der Waals surface area (Å²) in [5, 5.41) is 16.0. The van der Waals surface area contributed by atoms with Gasteiger partial charge in [0, 0.05) is 25.9 Å². The van der Waals surface area contributed by atoms with Crippen molar-refractivity contribution in [3.63, 3.8) is 0 Å². The van der Waals surface area contributed by atoms with Gasteiger partial charge in [0.1, 0.15) is 5.60 Å². The third kappa shape index (κ3) is 9.20. The summed E-state index contributed by atoms with van der Waals surface area (Å²) in [6, 6.07) is 0.0469. The van der Waals surface area contributed by atoms with Gasteiger partial charge < -0.3 is 20.5 Å². The molecule has 0 bridgehead atoms. The highest BCUT2D eigenvalue weighted by atomic mass is 16.6. The molecule has 0 aromatic rings. The lowest BCUT2D eigenvalue weighted by Gasteiger charge is -2.35. The number of likely N-dealkylation sites (tertiary alicyclic amines) is 1. The van der Waals surface area contributed by atoms with Crippen molar-refractivity contribution in [2.45, 2.75) is 65.5 Å². The van der Waals surface area contributed by atoms with E-state index in [1.165, 1.54) is 11.8 Å². The normalized spacial score (nSPS) is 21.4. The molecule has 1 saturated heterocycles. The summed E-state index contributed by atoms with van der Waals surface area (Å²) in [5.41, 5.74) is 4.99. The molecule has 1 fully saturated rings. The molecule has 0 radical (unpaired) electrons. The number of carbonyl (C=O) groups is 2. The second kappa shape index (κ2) is 8.60. The second-order valence-electron chi connectivity index (χ2n) is 6.65. The number of hydrogen-bond donors (Lipinski definition) is 3. The quantitative estimate of drug-likeness (QED) is 0.411. The van der Waals surface area contributed by atoms with Crippen molar-refractivity contribution in [3.05, 3.63) is 0 Å². The van der Waals surface area contributed by atoms with Crippen LogP contribution in [0.15, 0.2) is 0 Å². The lowest BCUT2D eigenvalue weighted by atomic mass is 9.89. The van der Waals surface area contributed by atoms with E-state index >= 15 is 0 Å². The summed E-state index contributed by atoms with van der Waals surface area (Å²) in [7, 11) is 0. The Morgan fingerprint density at radius 2 is 1.95 bits per heavy atom. The summed E-state index contributed by atoms with van der Waals surface area (Å²) in [4.78, 5) is 22.4. The van der Waals surface area contributed by atoms with Crippen LogP contribution in [0.4, 0.5) is 4.79 Å². The van der Waals surface area contributed by atoms with Crippen molar-refractivity contribution in [2.75, 3.05) is 6.54 Å². The van der Waals surface area contributed by atoms with Crippen LogP contribution in [-0.2, 0) is 9.53 Å². The van der Waals surface area contributed by atoms with Crippen LogP contribution >= 0.6 is 0 Å². The maximum absolute atomic E-state index is 10.8. The van der Waals surface area contributed by atoms with Crippen molar-refractivity contribution < 1.29 is 19.4 Å². The second-order valence-corrected chi connectivity index (χ2v) is 6.65. The molecule has 0 aromatic carbocycles. The number of rotatable bonds is 2. The van der Waals surface area contributed by atoms with Crippen LogP contribution in [0.2, 0.25) is 0 Å². The molecule has 7 heteroatoms. The number of amidine groups is 1. The first kappa shape index (κ1) is 20.2. The third-order valence-electron chi connectivity index (χ3n) is 3.19. The first-order valence-corrected chi connectivity index (χ1v) is 7.44. The average Bonchev–Trinajstić information content (AvgIpc) is 2.24. The monoisotopic (exact) mass is 315 g/mol. The average molecular weight is 315 g/mol. The number of nitrogens with zero attached hydrogens (tertiary/aromatic N) is 1. The van der Waals surface area contributed by atoms with Gasteiger partial charge in [-0.1, -0.05) is 0 Å². The molecule has 0 aromatic heterocycles. The number of ether oxygens (including phenoxy) is 1. The van der Waals surface area contributed by atoms with Crippen LogP contribution in [0, 0.1) is 11.3 Å². The van der Waals surface area contributed by atoms with E-state index in [1.54, 1.807) is 0 Å². The number of amides is 1. The molecule has 0 spiro atoms. The van der Waals surface area contributed by atoms with Gasteiger partial charge >= 0.3 is 12.1 Å². The van der Waals surface area contributed by atoms with Gasteiger partial charge in [-0.3, -0.25) is 10.2 Å². The number of carbonyl (C=O) groups excluding carboxylic acids is 1. The van der Waals surface area contributed by atoms with Crippen LogP contribution in [0.25, 0.3) is 0 Å². The Balaban J connectivity index is 0.000000472. The van der Waals surface area contributed by atoms with Gasteiger partial charge in [0.2, 0.25) is 0 Å². The molecular weight excluding hydrogens is 286 g/mol. The van der Waals surface area contributed by atoms with Gasteiger partial charge in [-0.2, -0.15) is 0 Å². The Kier molecular flexibility index (Phi) is 7.90. The van der Waals surface area contributed by atoms with E-state index in [0.717, 1.165) is 12.8 Å². The minimum atomic E-state index is -0.848. The SMILES string of the molecule is CC(=O)OC(C)(C)C.CC1CC(CC(=N)N)CCN1C(=O)O. The van der Waals surface area contributed by atoms with E-state index in [0.29, 0.717) is 18.9 Å². The Hall–Kier alpha value is -1.79. The zero-order valence-electron chi connectivity index (χ0n) is 14.2. The smallest absolute Gasteiger partial charge is 0.407 e. The predicted molar refractivity (Wildman–Crippen MR) is 85.0 cm³/mol. The summed E-state index contributed by atoms with van der Waals surface area (Å²) >= 11 is 0. The Morgan fingerprint density at radius 1 is 1.41 bits per heavy atom. The molecule has 22 heavy (non-hydrogen) atoms. The number of nitrogens with two attached hydrogens (primary N) is 1. The summed E-state index contributed by atoms with van der Waals surface area (Å²) in [6.07, 6.45) is 1.37. The van der Waals surface area contributed by atoms with E-state index < -0.39 is 6.09 Å². The van der Waals surface area contributed by atoms with E-state index in [-0.39, 0.29) is 23.4 Å². The third-order valence-corrected chi connectivity index (χ3v) is 3.19. The Bertz CT molecular complexity index is 404. The van der Waals surface area contributed by atoms with E-state index in [2.05, 4.69) is 0 Å². The minimum Gasteiger partial charge on any atom is -0.465 e. The van der Waals surface area contributed by atoms with Gasteiger partial charge in [0.25, 0.3) is 0 Å². The van der Waals surface area contributed by atoms with E-state index in [1.807, 2.05) is 27.7 Å². The van der Waals surface area contributed by atoms with Crippen LogP contribution in [-0.4, -0.2) is 46.1 Å². The van der Waals surface area contributed by atoms with Gasteiger partial charge in [-0.05, 0) is 46.5 Å². The summed E-state index contributed by atoms with van der Waals surface area (Å²) in [6.45, 7) is 9.40. The molecule has 4 N–H and O–H groups in total. The molecule has 0 saturated carbocycles. The van der Waals surface area contributed by atoms with Crippen molar-refractivity contribution in [1.82, 2.24) is 4.90 Å². The fourth-order valence-electron chi connectivity index (χ4n) is 2.48. The maximum atomic E-state index is 10.8. The minimum absolute atomic E-state index is 0.0469. The van der Waals surface area contributed by atoms with Crippen molar-refractivity contribution in [3.8, 4) is 0 Å². The van der Waals surface area contributed by atoms with Crippen LogP contribution in [0.1, 0.15) is 53.9 Å². The van der Waals surface area contributed by atoms with Crippen LogP contribution in [0.3, 0.4) is 0 Å². The van der Waals surface area contributed by atoms with Crippen LogP contribution in [0.5, 0.6) is 0 Å². The highest BCUT2D eigenvalue weighted by Crippen LogP contribution is 2.25. The largest absolute Gasteiger partial charge is 0.465 e. The Morgan fingerprint density at radius 3 is 2.23 bits per heavy atom. The van der Waals surface area contributed by atoms with Crippen molar-refractivity contribution in [2.24, 2.45) is 11.7 Å². The Labute approximate surface area is 132 Å². The number of hydrogen-bond acceptors (Lipinski definition) is 4. The number of carboxylic acid groups (broad SMARTS) is 1. The van der Waals surface area contributed by atoms with Crippen molar-refractivity contribution in [1.29, 1.82) is 5.41 Å². The lowest BCUT2D eigenvalue weighted by molar-refractivity contribution is -0.151. The first-order chi connectivity index (χ1) is 9.92. The molecule has 0 aliphatic carbocycles. The molecule has 1 aliphatic rings. The molecule has 1 aliphatic heterocycles. The predicted octanol–water partition coefficient (Wildman–Crippen LogP) is 2.44. The maximum Gasteiger partial charge on any atom is 0.407 e. The molecule has 7 nitrogen and oxygen atoms in total. The molecule has 2 atom stereocenters. The molecule has 128 valence electrons. The zero-order valence-corrected chi connectivity index (χ0v) is 14.2. The zero-order chi connectivity index (χ0) is 17.5. The molecule has 1 amide bonds. The number of esters is 1. The first-order valence-electron chi connectivity index (χ1n) is 7.44. The van der Waals surface area contributed by atoms with Crippen molar-refractivity contribution >= 4 is 17.9 Å².